The summed E-state index contributed by atoms with van der Waals surface area (Å²) in [5.41, 5.74) is 0.728. The second-order valence-electron chi connectivity index (χ2n) is 5.24. The topological polar surface area (TPSA) is 84.9 Å². The average molecular weight is 320 g/mol. The maximum absolute atomic E-state index is 12.0. The van der Waals surface area contributed by atoms with E-state index >= 15 is 0 Å². The molecule has 1 atom stereocenters. The Labute approximate surface area is 134 Å². The van der Waals surface area contributed by atoms with Gasteiger partial charge >= 0.3 is 12.1 Å². The van der Waals surface area contributed by atoms with Gasteiger partial charge in [-0.05, 0) is 25.5 Å². The van der Waals surface area contributed by atoms with E-state index < -0.39 is 5.97 Å². The first-order valence-corrected chi connectivity index (χ1v) is 7.49. The molecule has 7 heteroatoms. The van der Waals surface area contributed by atoms with Gasteiger partial charge in [-0.25, -0.2) is 9.59 Å². The number of ether oxygens (including phenoxy) is 2. The van der Waals surface area contributed by atoms with Crippen molar-refractivity contribution >= 4 is 23.7 Å². The fourth-order valence-electron chi connectivity index (χ4n) is 2.28. The molecule has 1 aromatic rings. The van der Waals surface area contributed by atoms with Gasteiger partial charge in [-0.1, -0.05) is 12.1 Å². The highest BCUT2D eigenvalue weighted by atomic mass is 16.6. The van der Waals surface area contributed by atoms with E-state index in [-0.39, 0.29) is 31.1 Å². The van der Waals surface area contributed by atoms with Crippen LogP contribution in [0.5, 0.6) is 0 Å². The van der Waals surface area contributed by atoms with Crippen molar-refractivity contribution in [2.75, 3.05) is 25.5 Å². The Morgan fingerprint density at radius 2 is 2.13 bits per heavy atom. The van der Waals surface area contributed by atoms with Crippen LogP contribution >= 0.6 is 0 Å². The van der Waals surface area contributed by atoms with Crippen molar-refractivity contribution in [3.05, 3.63) is 29.8 Å². The van der Waals surface area contributed by atoms with E-state index in [9.17, 15) is 14.4 Å². The van der Waals surface area contributed by atoms with Crippen LogP contribution in [0.2, 0.25) is 0 Å². The maximum Gasteiger partial charge on any atom is 0.409 e. The molecule has 1 aliphatic rings. The van der Waals surface area contributed by atoms with Gasteiger partial charge in [-0.3, -0.25) is 4.79 Å². The predicted molar refractivity (Wildman–Crippen MR) is 83.2 cm³/mol. The predicted octanol–water partition coefficient (Wildman–Crippen LogP) is 2.03. The zero-order valence-electron chi connectivity index (χ0n) is 13.2. The molecule has 1 aromatic carbocycles. The summed E-state index contributed by atoms with van der Waals surface area (Å²) >= 11 is 0. The first-order chi connectivity index (χ1) is 11.0. The van der Waals surface area contributed by atoms with E-state index in [2.05, 4.69) is 5.32 Å². The number of para-hydroxylation sites is 1. The van der Waals surface area contributed by atoms with Crippen molar-refractivity contribution in [1.29, 1.82) is 0 Å². The number of cyclic esters (lactones) is 1. The van der Waals surface area contributed by atoms with Crippen LogP contribution in [0.4, 0.5) is 10.5 Å². The minimum atomic E-state index is -0.477. The van der Waals surface area contributed by atoms with Gasteiger partial charge in [0.25, 0.3) is 0 Å². The molecule has 2 rings (SSSR count). The summed E-state index contributed by atoms with van der Waals surface area (Å²) in [4.78, 5) is 36.6. The summed E-state index contributed by atoms with van der Waals surface area (Å²) in [6.07, 6.45) is -0.0199. The third-order valence-electron chi connectivity index (χ3n) is 3.45. The standard InChI is InChI=1S/C16H20N2O5/c1-3-22-15(20)12-6-4-5-7-13(12)17-14(19)9-8-11-10-18(2)16(21)23-11/h4-7,11H,3,8-10H2,1-2H3,(H,17,19). The van der Waals surface area contributed by atoms with Crippen molar-refractivity contribution in [1.82, 2.24) is 4.90 Å². The van der Waals surface area contributed by atoms with Gasteiger partial charge in [-0.2, -0.15) is 0 Å². The highest BCUT2D eigenvalue weighted by Gasteiger charge is 2.28. The van der Waals surface area contributed by atoms with E-state index in [0.29, 0.717) is 24.2 Å². The number of carbonyl (C=O) groups is 3. The summed E-state index contributed by atoms with van der Waals surface area (Å²) < 4.78 is 10.1. The lowest BCUT2D eigenvalue weighted by Crippen LogP contribution is -2.21. The molecule has 0 radical (unpaired) electrons. The Morgan fingerprint density at radius 3 is 2.78 bits per heavy atom. The molecule has 0 saturated carbocycles. The second-order valence-corrected chi connectivity index (χ2v) is 5.24. The average Bonchev–Trinajstić information content (AvgIpc) is 2.84. The van der Waals surface area contributed by atoms with Gasteiger partial charge in [0.1, 0.15) is 6.10 Å². The Hall–Kier alpha value is -2.57. The first kappa shape index (κ1) is 16.8. The van der Waals surface area contributed by atoms with Crippen LogP contribution in [-0.2, 0) is 14.3 Å². The van der Waals surface area contributed by atoms with Crippen LogP contribution in [0.1, 0.15) is 30.1 Å². The summed E-state index contributed by atoms with van der Waals surface area (Å²) in [5, 5.41) is 2.70. The van der Waals surface area contributed by atoms with E-state index in [0.717, 1.165) is 0 Å². The van der Waals surface area contributed by atoms with E-state index in [1.807, 2.05) is 0 Å². The summed E-state index contributed by atoms with van der Waals surface area (Å²) in [5.74, 6) is -0.720. The molecular formula is C16H20N2O5. The SMILES string of the molecule is CCOC(=O)c1ccccc1NC(=O)CCC1CN(C)C(=O)O1. The van der Waals surface area contributed by atoms with Gasteiger partial charge in [-0.15, -0.1) is 0 Å². The maximum atomic E-state index is 12.0. The number of nitrogens with zero attached hydrogens (tertiary/aromatic N) is 1. The van der Waals surface area contributed by atoms with Crippen LogP contribution < -0.4 is 5.32 Å². The van der Waals surface area contributed by atoms with Crippen molar-refractivity contribution in [2.45, 2.75) is 25.9 Å². The first-order valence-electron chi connectivity index (χ1n) is 7.49. The lowest BCUT2D eigenvalue weighted by molar-refractivity contribution is -0.116. The fourth-order valence-corrected chi connectivity index (χ4v) is 2.28. The van der Waals surface area contributed by atoms with Gasteiger partial charge in [0.05, 0.1) is 24.4 Å². The van der Waals surface area contributed by atoms with Crippen LogP contribution in [-0.4, -0.2) is 49.2 Å². The van der Waals surface area contributed by atoms with Gasteiger partial charge in [0, 0.05) is 13.5 Å². The monoisotopic (exact) mass is 320 g/mol. The van der Waals surface area contributed by atoms with Crippen LogP contribution in [0.15, 0.2) is 24.3 Å². The number of nitrogens with one attached hydrogen (secondary N) is 1. The number of esters is 1. The number of anilines is 1. The highest BCUT2D eigenvalue weighted by Crippen LogP contribution is 2.18. The number of rotatable bonds is 6. The summed E-state index contributed by atoms with van der Waals surface area (Å²) in [6, 6.07) is 6.68. The molecule has 1 heterocycles. The molecule has 23 heavy (non-hydrogen) atoms. The quantitative estimate of drug-likeness (QED) is 0.811. The zero-order valence-corrected chi connectivity index (χ0v) is 13.2. The highest BCUT2D eigenvalue weighted by molar-refractivity contribution is 6.01. The van der Waals surface area contributed by atoms with Gasteiger partial charge in [0.2, 0.25) is 5.91 Å². The smallest absolute Gasteiger partial charge is 0.409 e. The van der Waals surface area contributed by atoms with Crippen LogP contribution in [0.3, 0.4) is 0 Å². The molecule has 124 valence electrons. The number of carbonyl (C=O) groups excluding carboxylic acids is 3. The molecule has 0 aromatic heterocycles. The van der Waals surface area contributed by atoms with E-state index in [4.69, 9.17) is 9.47 Å². The van der Waals surface area contributed by atoms with Gasteiger partial charge < -0.3 is 19.7 Å². The number of hydrogen-bond acceptors (Lipinski definition) is 5. The number of likely N-dealkylation sites (N-methyl/N-ethyl adjacent to an activating group) is 1. The minimum Gasteiger partial charge on any atom is -0.462 e. The van der Waals surface area contributed by atoms with Gasteiger partial charge in [0.15, 0.2) is 0 Å². The Kier molecular flexibility index (Phi) is 5.56. The van der Waals surface area contributed by atoms with Crippen molar-refractivity contribution in [3.63, 3.8) is 0 Å². The van der Waals surface area contributed by atoms with Crippen molar-refractivity contribution in [3.8, 4) is 0 Å². The number of benzene rings is 1. The molecular weight excluding hydrogens is 300 g/mol. The summed E-state index contributed by atoms with van der Waals surface area (Å²) in [6.45, 7) is 2.46. The Morgan fingerprint density at radius 1 is 1.39 bits per heavy atom. The molecule has 0 aliphatic carbocycles. The van der Waals surface area contributed by atoms with Crippen LogP contribution in [0, 0.1) is 0 Å². The fraction of sp³-hybridized carbons (Fsp3) is 0.438. The van der Waals surface area contributed by atoms with E-state index in [1.54, 1.807) is 38.2 Å². The molecule has 1 saturated heterocycles. The summed E-state index contributed by atoms with van der Waals surface area (Å²) in [7, 11) is 1.65. The third kappa shape index (κ3) is 4.45. The van der Waals surface area contributed by atoms with Crippen molar-refractivity contribution < 1.29 is 23.9 Å². The number of amides is 2. The Bertz CT molecular complexity index is 602. The molecule has 1 fully saturated rings. The molecule has 0 spiro atoms. The lowest BCUT2D eigenvalue weighted by Gasteiger charge is -2.11. The third-order valence-corrected chi connectivity index (χ3v) is 3.45. The Balaban J connectivity index is 1.90. The minimum absolute atomic E-state index is 0.197. The zero-order chi connectivity index (χ0) is 16.8. The largest absolute Gasteiger partial charge is 0.462 e. The molecule has 0 bridgehead atoms. The molecule has 1 unspecified atom stereocenters. The van der Waals surface area contributed by atoms with E-state index in [1.165, 1.54) is 4.90 Å². The molecule has 1 N–H and O–H groups in total. The molecule has 2 amide bonds. The normalized spacial score (nSPS) is 16.9. The number of hydrogen-bond donors (Lipinski definition) is 1. The molecule has 1 aliphatic heterocycles. The molecule has 7 nitrogen and oxygen atoms in total. The second kappa shape index (κ2) is 7.62. The van der Waals surface area contributed by atoms with Crippen molar-refractivity contribution in [2.24, 2.45) is 0 Å². The van der Waals surface area contributed by atoms with Crippen LogP contribution in [0.25, 0.3) is 0 Å². The lowest BCUT2D eigenvalue weighted by atomic mass is 10.1.